The molecule has 1 heterocycles. The molecule has 29 heavy (non-hydrogen) atoms. The van der Waals surface area contributed by atoms with Crippen LogP contribution in [-0.4, -0.2) is 36.9 Å². The van der Waals surface area contributed by atoms with Crippen molar-refractivity contribution in [2.45, 2.75) is 24.0 Å². The highest BCUT2D eigenvalue weighted by molar-refractivity contribution is 8.15. The Morgan fingerprint density at radius 1 is 1.24 bits per heavy atom. The first-order valence-corrected chi connectivity index (χ1v) is 11.3. The molecule has 1 fully saturated rings. The number of hydrogen-bond acceptors (Lipinski definition) is 6. The molecule has 8 heteroatoms. The van der Waals surface area contributed by atoms with Crippen molar-refractivity contribution >= 4 is 32.9 Å². The molecular weight excluding hydrogens is 408 g/mol. The lowest BCUT2D eigenvalue weighted by molar-refractivity contribution is -0.131. The molecule has 2 aromatic rings. The van der Waals surface area contributed by atoms with Crippen molar-refractivity contribution in [3.63, 3.8) is 0 Å². The minimum Gasteiger partial charge on any atom is -0.427 e. The van der Waals surface area contributed by atoms with Crippen LogP contribution in [-0.2, 0) is 14.8 Å². The fourth-order valence-electron chi connectivity index (χ4n) is 2.84. The number of aliphatic imine (C=N–C) groups is 1. The number of hydrogen-bond donors (Lipinski definition) is 0. The minimum absolute atomic E-state index is 0.120. The Bertz CT molecular complexity index is 1030. The van der Waals surface area contributed by atoms with Gasteiger partial charge >= 0.3 is 5.97 Å². The van der Waals surface area contributed by atoms with Crippen molar-refractivity contribution in [1.82, 2.24) is 4.31 Å². The first kappa shape index (κ1) is 21.1. The predicted molar refractivity (Wildman–Crippen MR) is 116 cm³/mol. The molecule has 0 aromatic heterocycles. The highest BCUT2D eigenvalue weighted by atomic mass is 32.2. The molecule has 152 valence electrons. The van der Waals surface area contributed by atoms with Crippen molar-refractivity contribution < 1.29 is 17.9 Å². The number of aryl methyl sites for hydroxylation is 1. The van der Waals surface area contributed by atoms with Crippen LogP contribution in [0.5, 0.6) is 5.75 Å². The number of amidine groups is 1. The predicted octanol–water partition coefficient (Wildman–Crippen LogP) is 3.94. The highest BCUT2D eigenvalue weighted by Gasteiger charge is 2.38. The van der Waals surface area contributed by atoms with Gasteiger partial charge in [0.05, 0.1) is 23.2 Å². The van der Waals surface area contributed by atoms with E-state index < -0.39 is 10.0 Å². The number of carbonyl (C=O) groups is 1. The van der Waals surface area contributed by atoms with Crippen LogP contribution in [0, 0.1) is 6.92 Å². The van der Waals surface area contributed by atoms with Crippen LogP contribution in [0.4, 0.5) is 0 Å². The molecule has 0 radical (unpaired) electrons. The Kier molecular flexibility index (Phi) is 6.44. The molecule has 6 nitrogen and oxygen atoms in total. The molecule has 0 bridgehead atoms. The number of nitrogens with zero attached hydrogens (tertiary/aromatic N) is 2. The second-order valence-corrected chi connectivity index (χ2v) is 9.56. The lowest BCUT2D eigenvalue weighted by Gasteiger charge is -2.18. The molecule has 0 amide bonds. The van der Waals surface area contributed by atoms with Gasteiger partial charge in [-0.2, -0.15) is 0 Å². The molecule has 1 atom stereocenters. The summed E-state index contributed by atoms with van der Waals surface area (Å²) in [5, 5.41) is 0.324. The first-order chi connectivity index (χ1) is 13.8. The number of carbonyl (C=O) groups excluding carboxylic acids is 1. The van der Waals surface area contributed by atoms with Gasteiger partial charge in [0, 0.05) is 6.92 Å². The summed E-state index contributed by atoms with van der Waals surface area (Å²) in [6, 6.07) is 13.9. The Morgan fingerprint density at radius 3 is 2.48 bits per heavy atom. The fourth-order valence-corrected chi connectivity index (χ4v) is 5.81. The second kappa shape index (κ2) is 8.84. The van der Waals surface area contributed by atoms with E-state index in [1.807, 2.05) is 19.1 Å². The van der Waals surface area contributed by atoms with Crippen molar-refractivity contribution in [3.05, 3.63) is 72.3 Å². The molecule has 1 saturated heterocycles. The lowest BCUT2D eigenvalue weighted by atomic mass is 10.1. The van der Waals surface area contributed by atoms with E-state index >= 15 is 0 Å². The van der Waals surface area contributed by atoms with Gasteiger partial charge < -0.3 is 4.74 Å². The number of sulfonamides is 1. The van der Waals surface area contributed by atoms with Gasteiger partial charge in [0.2, 0.25) is 0 Å². The van der Waals surface area contributed by atoms with Gasteiger partial charge in [-0.1, -0.05) is 47.7 Å². The zero-order chi connectivity index (χ0) is 21.0. The van der Waals surface area contributed by atoms with Gasteiger partial charge in [0.15, 0.2) is 5.17 Å². The first-order valence-electron chi connectivity index (χ1n) is 9.01. The standard InChI is InChI=1S/C21H22N2O4S2/c1-4-13-22-21-23(29(25,26)19-11-5-15(2)6-12-19)14-20(28-21)17-7-9-18(10-8-17)27-16(3)24/h4-12,20H,1,13-14H2,2-3H3. The normalized spacial score (nSPS) is 18.1. The number of rotatable bonds is 6. The third-order valence-corrected chi connectivity index (χ3v) is 7.42. The molecule has 0 saturated carbocycles. The Morgan fingerprint density at radius 2 is 1.90 bits per heavy atom. The van der Waals surface area contributed by atoms with Gasteiger partial charge in [0.1, 0.15) is 5.75 Å². The van der Waals surface area contributed by atoms with E-state index in [4.69, 9.17) is 4.74 Å². The average molecular weight is 431 g/mol. The summed E-state index contributed by atoms with van der Waals surface area (Å²) < 4.78 is 32.9. The number of ether oxygens (including phenoxy) is 1. The maximum Gasteiger partial charge on any atom is 0.308 e. The van der Waals surface area contributed by atoms with E-state index in [9.17, 15) is 13.2 Å². The van der Waals surface area contributed by atoms with Crippen molar-refractivity contribution in [3.8, 4) is 5.75 Å². The van der Waals surface area contributed by atoms with Crippen molar-refractivity contribution in [2.24, 2.45) is 4.99 Å². The van der Waals surface area contributed by atoms with E-state index in [-0.39, 0.29) is 22.7 Å². The largest absolute Gasteiger partial charge is 0.427 e. The minimum atomic E-state index is -3.72. The zero-order valence-corrected chi connectivity index (χ0v) is 17.9. The van der Waals surface area contributed by atoms with Crippen LogP contribution >= 0.6 is 11.8 Å². The van der Waals surface area contributed by atoms with Gasteiger partial charge in [-0.15, -0.1) is 6.58 Å². The van der Waals surface area contributed by atoms with E-state index in [2.05, 4.69) is 11.6 Å². The SMILES string of the molecule is C=CCN=C1SC(c2ccc(OC(C)=O)cc2)CN1S(=O)(=O)c1ccc(C)cc1. The smallest absolute Gasteiger partial charge is 0.308 e. The lowest BCUT2D eigenvalue weighted by Crippen LogP contribution is -2.32. The van der Waals surface area contributed by atoms with Gasteiger partial charge in [0.25, 0.3) is 10.0 Å². The van der Waals surface area contributed by atoms with E-state index in [1.165, 1.54) is 23.0 Å². The van der Waals surface area contributed by atoms with Crippen LogP contribution < -0.4 is 4.74 Å². The van der Waals surface area contributed by atoms with E-state index in [0.29, 0.717) is 17.5 Å². The Labute approximate surface area is 175 Å². The molecule has 0 aliphatic carbocycles. The third-order valence-electron chi connectivity index (χ3n) is 4.27. The number of benzene rings is 2. The van der Waals surface area contributed by atoms with E-state index in [0.717, 1.165) is 11.1 Å². The average Bonchev–Trinajstić information content (AvgIpc) is 3.12. The fraction of sp³-hybridized carbons (Fsp3) is 0.238. The van der Waals surface area contributed by atoms with Crippen LogP contribution in [0.2, 0.25) is 0 Å². The maximum atomic E-state index is 13.2. The third kappa shape index (κ3) is 4.89. The molecule has 3 rings (SSSR count). The molecular formula is C21H22N2O4S2. The molecule has 1 aliphatic rings. The quantitative estimate of drug-likeness (QED) is 0.394. The van der Waals surface area contributed by atoms with E-state index in [1.54, 1.807) is 42.5 Å². The topological polar surface area (TPSA) is 76.0 Å². The van der Waals surface area contributed by atoms with Crippen molar-refractivity contribution in [1.29, 1.82) is 0 Å². The van der Waals surface area contributed by atoms with Crippen LogP contribution in [0.1, 0.15) is 23.3 Å². The van der Waals surface area contributed by atoms with Gasteiger partial charge in [-0.25, -0.2) is 12.7 Å². The van der Waals surface area contributed by atoms with Crippen LogP contribution in [0.15, 0.2) is 71.1 Å². The molecule has 0 spiro atoms. The second-order valence-electron chi connectivity index (χ2n) is 6.53. The molecule has 2 aromatic carbocycles. The van der Waals surface area contributed by atoms with Crippen molar-refractivity contribution in [2.75, 3.05) is 13.1 Å². The summed E-state index contributed by atoms with van der Waals surface area (Å²) in [6.45, 7) is 7.52. The van der Waals surface area contributed by atoms with Crippen LogP contribution in [0.3, 0.4) is 0 Å². The Hall–Kier alpha value is -2.58. The monoisotopic (exact) mass is 430 g/mol. The summed E-state index contributed by atoms with van der Waals surface area (Å²) in [5.41, 5.74) is 1.92. The number of thioether (sulfide) groups is 1. The summed E-state index contributed by atoms with van der Waals surface area (Å²) in [6.07, 6.45) is 1.63. The van der Waals surface area contributed by atoms with Gasteiger partial charge in [-0.05, 0) is 36.8 Å². The van der Waals surface area contributed by atoms with Gasteiger partial charge in [-0.3, -0.25) is 9.79 Å². The molecule has 0 N–H and O–H groups in total. The Balaban J connectivity index is 1.89. The summed E-state index contributed by atoms with van der Waals surface area (Å²) in [7, 11) is -3.72. The summed E-state index contributed by atoms with van der Waals surface area (Å²) in [5.74, 6) is 0.0659. The zero-order valence-electron chi connectivity index (χ0n) is 16.2. The summed E-state index contributed by atoms with van der Waals surface area (Å²) in [4.78, 5) is 15.7. The molecule has 1 unspecified atom stereocenters. The summed E-state index contributed by atoms with van der Waals surface area (Å²) >= 11 is 1.40. The molecule has 1 aliphatic heterocycles. The maximum absolute atomic E-state index is 13.2. The van der Waals surface area contributed by atoms with Crippen LogP contribution in [0.25, 0.3) is 0 Å². The number of esters is 1. The highest BCUT2D eigenvalue weighted by Crippen LogP contribution is 2.41.